The fourth-order valence-electron chi connectivity index (χ4n) is 4.63. The fourth-order valence-corrected chi connectivity index (χ4v) is 5.48. The largest absolute Gasteiger partial charge is 0.493 e. The third-order valence-electron chi connectivity index (χ3n) is 6.81. The van der Waals surface area contributed by atoms with Crippen LogP contribution in [-0.4, -0.2) is 62.4 Å². The maximum absolute atomic E-state index is 13.0. The van der Waals surface area contributed by atoms with E-state index in [4.69, 9.17) is 9.72 Å². The van der Waals surface area contributed by atoms with Crippen molar-refractivity contribution in [2.24, 2.45) is 0 Å². The van der Waals surface area contributed by atoms with E-state index in [1.54, 1.807) is 24.3 Å². The van der Waals surface area contributed by atoms with E-state index in [1.807, 2.05) is 48.1 Å². The Morgan fingerprint density at radius 1 is 1.10 bits per heavy atom. The minimum absolute atomic E-state index is 0.229. The summed E-state index contributed by atoms with van der Waals surface area (Å²) in [5.74, 6) is -0.0701. The van der Waals surface area contributed by atoms with Crippen LogP contribution in [0.1, 0.15) is 46.4 Å². The number of thiazole rings is 1. The van der Waals surface area contributed by atoms with Crippen LogP contribution in [0.3, 0.4) is 0 Å². The highest BCUT2D eigenvalue weighted by Crippen LogP contribution is 2.23. The molecule has 11 heteroatoms. The van der Waals surface area contributed by atoms with Gasteiger partial charge in [-0.3, -0.25) is 19.2 Å². The Labute approximate surface area is 243 Å². The molecule has 0 saturated heterocycles. The summed E-state index contributed by atoms with van der Waals surface area (Å²) in [6.45, 7) is 7.18. The maximum atomic E-state index is 13.0. The summed E-state index contributed by atoms with van der Waals surface area (Å²) >= 11 is 1.64. The molecule has 5 rings (SSSR count). The molecule has 1 aliphatic rings. The third kappa shape index (κ3) is 7.77. The topological polar surface area (TPSA) is 114 Å². The van der Waals surface area contributed by atoms with Crippen molar-refractivity contribution in [3.8, 4) is 17.0 Å². The fraction of sp³-hybridized carbons (Fsp3) is 0.367. The zero-order valence-corrected chi connectivity index (χ0v) is 24.2. The summed E-state index contributed by atoms with van der Waals surface area (Å²) in [7, 11) is 0. The van der Waals surface area contributed by atoms with Gasteiger partial charge in [-0.25, -0.2) is 4.98 Å². The van der Waals surface area contributed by atoms with E-state index >= 15 is 0 Å². The number of benzene rings is 2. The number of fused-ring (bicyclic) bond motifs is 3. The number of amides is 2. The summed E-state index contributed by atoms with van der Waals surface area (Å²) in [5, 5.41) is 17.6. The number of nitrogens with zero attached hydrogens (tertiary/aromatic N) is 5. The molecule has 0 saturated carbocycles. The normalized spacial score (nSPS) is 17.8. The number of hydrogen-bond acceptors (Lipinski definition) is 8. The molecule has 1 atom stereocenters. The van der Waals surface area contributed by atoms with Gasteiger partial charge in [0, 0.05) is 49.7 Å². The molecule has 0 aliphatic carbocycles. The molecule has 2 amide bonds. The number of rotatable bonds is 3. The first-order valence-electron chi connectivity index (χ1n) is 13.9. The zero-order chi connectivity index (χ0) is 28.6. The summed E-state index contributed by atoms with van der Waals surface area (Å²) in [4.78, 5) is 32.9. The van der Waals surface area contributed by atoms with Crippen molar-refractivity contribution < 1.29 is 14.3 Å². The van der Waals surface area contributed by atoms with Gasteiger partial charge in [-0.05, 0) is 38.0 Å². The van der Waals surface area contributed by atoms with Gasteiger partial charge in [0.15, 0.2) is 0 Å². The minimum atomic E-state index is -0.685. The number of aryl methyl sites for hydroxylation is 2. The zero-order valence-electron chi connectivity index (χ0n) is 23.4. The monoisotopic (exact) mass is 573 g/mol. The van der Waals surface area contributed by atoms with Crippen molar-refractivity contribution in [3.05, 3.63) is 81.9 Å². The van der Waals surface area contributed by atoms with Crippen LogP contribution < -0.4 is 15.4 Å². The molecular formula is C30H35N7O3S. The molecule has 3 heterocycles. The van der Waals surface area contributed by atoms with Crippen LogP contribution in [0.4, 0.5) is 0 Å². The average molecular weight is 574 g/mol. The maximum Gasteiger partial charge on any atom is 0.255 e. The van der Waals surface area contributed by atoms with E-state index in [0.29, 0.717) is 50.5 Å². The number of ether oxygens (including phenoxy) is 1. The molecule has 4 aromatic rings. The Kier molecular flexibility index (Phi) is 9.37. The van der Waals surface area contributed by atoms with E-state index in [-0.39, 0.29) is 11.8 Å². The summed E-state index contributed by atoms with van der Waals surface area (Å²) in [6, 6.07) is 14.9. The van der Waals surface area contributed by atoms with Crippen molar-refractivity contribution in [2.45, 2.75) is 52.4 Å². The van der Waals surface area contributed by atoms with Gasteiger partial charge in [0.25, 0.3) is 5.91 Å². The average Bonchev–Trinajstić information content (AvgIpc) is 3.63. The molecular weight excluding hydrogens is 538 g/mol. The molecule has 214 valence electrons. The third-order valence-corrected chi connectivity index (χ3v) is 7.65. The van der Waals surface area contributed by atoms with Gasteiger partial charge >= 0.3 is 0 Å². The molecule has 2 N–H and O–H groups in total. The molecule has 0 spiro atoms. The Hall–Kier alpha value is -4.09. The first-order chi connectivity index (χ1) is 19.9. The molecule has 2 aromatic heterocycles. The first-order valence-corrected chi connectivity index (χ1v) is 14.8. The molecule has 0 radical (unpaired) electrons. The summed E-state index contributed by atoms with van der Waals surface area (Å²) in [6.07, 6.45) is 3.39. The molecule has 2 bridgehead atoms. The minimum Gasteiger partial charge on any atom is -0.493 e. The summed E-state index contributed by atoms with van der Waals surface area (Å²) in [5.41, 5.74) is 4.33. The van der Waals surface area contributed by atoms with Crippen LogP contribution >= 0.6 is 11.3 Å². The van der Waals surface area contributed by atoms with Crippen molar-refractivity contribution in [3.63, 3.8) is 0 Å². The molecule has 1 aliphatic heterocycles. The van der Waals surface area contributed by atoms with Gasteiger partial charge in [-0.2, -0.15) is 0 Å². The molecule has 10 nitrogen and oxygen atoms in total. The highest BCUT2D eigenvalue weighted by molar-refractivity contribution is 7.09. The number of carbonyl (C=O) groups is 2. The summed E-state index contributed by atoms with van der Waals surface area (Å²) < 4.78 is 7.82. The van der Waals surface area contributed by atoms with Crippen LogP contribution in [0.25, 0.3) is 11.3 Å². The van der Waals surface area contributed by atoms with E-state index in [1.165, 1.54) is 0 Å². The van der Waals surface area contributed by atoms with Crippen molar-refractivity contribution in [2.75, 3.05) is 19.7 Å². The van der Waals surface area contributed by atoms with E-state index in [2.05, 4.69) is 43.4 Å². The van der Waals surface area contributed by atoms with Crippen molar-refractivity contribution in [1.82, 2.24) is 35.5 Å². The lowest BCUT2D eigenvalue weighted by atomic mass is 10.1. The first kappa shape index (κ1) is 28.4. The Bertz CT molecular complexity index is 1470. The van der Waals surface area contributed by atoms with Gasteiger partial charge in [0.2, 0.25) is 5.91 Å². The molecule has 41 heavy (non-hydrogen) atoms. The molecule has 2 aromatic carbocycles. The smallest absolute Gasteiger partial charge is 0.255 e. The second-order valence-electron chi connectivity index (χ2n) is 10.2. The van der Waals surface area contributed by atoms with E-state index in [0.717, 1.165) is 40.5 Å². The van der Waals surface area contributed by atoms with Crippen LogP contribution in [0, 0.1) is 6.92 Å². The Morgan fingerprint density at radius 3 is 2.80 bits per heavy atom. The lowest BCUT2D eigenvalue weighted by Crippen LogP contribution is -2.45. The molecule has 0 unspecified atom stereocenters. The second-order valence-corrected chi connectivity index (χ2v) is 11.2. The standard InChI is InChI=1S/C30H35N7O3S/c1-21-10-11-25-27(16-21)40-15-7-14-37-18-24(34-35-37)17-36(13-6-12-31-29(38)22(2)32-30(25)39)19-28-33-26(20-41-28)23-8-4-3-5-9-23/h3-5,8-11,16,18,20,22H,6-7,12-15,17,19H2,1-2H3,(H,31,38)(H,32,39)/t22-/m1/s1. The quantitative estimate of drug-likeness (QED) is 0.383. The van der Waals surface area contributed by atoms with Crippen LogP contribution in [-0.2, 0) is 24.4 Å². The van der Waals surface area contributed by atoms with E-state index in [9.17, 15) is 9.59 Å². The lowest BCUT2D eigenvalue weighted by molar-refractivity contribution is -0.122. The highest BCUT2D eigenvalue weighted by Gasteiger charge is 2.20. The highest BCUT2D eigenvalue weighted by atomic mass is 32.1. The molecule has 0 fully saturated rings. The number of hydrogen-bond donors (Lipinski definition) is 2. The Balaban J connectivity index is 1.29. The van der Waals surface area contributed by atoms with Crippen LogP contribution in [0.2, 0.25) is 0 Å². The van der Waals surface area contributed by atoms with Crippen LogP contribution in [0.15, 0.2) is 60.1 Å². The van der Waals surface area contributed by atoms with Gasteiger partial charge in [0.05, 0.1) is 30.1 Å². The van der Waals surface area contributed by atoms with Gasteiger partial charge < -0.3 is 15.4 Å². The lowest BCUT2D eigenvalue weighted by Gasteiger charge is -2.20. The second kappa shape index (κ2) is 13.5. The van der Waals surface area contributed by atoms with E-state index < -0.39 is 6.04 Å². The number of aromatic nitrogens is 4. The van der Waals surface area contributed by atoms with Crippen LogP contribution in [0.5, 0.6) is 5.75 Å². The van der Waals surface area contributed by atoms with Gasteiger partial charge in [0.1, 0.15) is 16.8 Å². The van der Waals surface area contributed by atoms with Gasteiger partial charge in [-0.15, -0.1) is 16.4 Å². The van der Waals surface area contributed by atoms with Gasteiger partial charge in [-0.1, -0.05) is 41.6 Å². The Morgan fingerprint density at radius 2 is 1.95 bits per heavy atom. The van der Waals surface area contributed by atoms with Crippen molar-refractivity contribution >= 4 is 23.2 Å². The van der Waals surface area contributed by atoms with Crippen molar-refractivity contribution in [1.29, 1.82) is 0 Å². The predicted molar refractivity (Wildman–Crippen MR) is 158 cm³/mol. The number of carbonyl (C=O) groups excluding carboxylic acids is 2. The SMILES string of the molecule is Cc1ccc2c(c1)OCCCn1cc(nn1)CN(Cc1nc(-c3ccccc3)cs1)CCCNC(=O)[C@@H](C)NC2=O. The number of nitrogens with one attached hydrogen (secondary N) is 2. The predicted octanol–water partition coefficient (Wildman–Crippen LogP) is 3.82.